The highest BCUT2D eigenvalue weighted by atomic mass is 19.4. The van der Waals surface area contributed by atoms with Gasteiger partial charge in [-0.1, -0.05) is 0 Å². The fourth-order valence-electron chi connectivity index (χ4n) is 5.91. The van der Waals surface area contributed by atoms with Crippen LogP contribution in [0.3, 0.4) is 0 Å². The molecule has 0 aromatic carbocycles. The summed E-state index contributed by atoms with van der Waals surface area (Å²) in [5.74, 6) is 0.320. The van der Waals surface area contributed by atoms with Gasteiger partial charge in [0.1, 0.15) is 11.1 Å². The molecular formula is C22H22F6N6O. The second-order valence-electron chi connectivity index (χ2n) is 9.95. The molecule has 3 fully saturated rings. The Morgan fingerprint density at radius 1 is 1.00 bits per heavy atom. The van der Waals surface area contributed by atoms with Gasteiger partial charge < -0.3 is 14.2 Å². The number of pyridine rings is 1. The van der Waals surface area contributed by atoms with Crippen LogP contribution in [0.1, 0.15) is 42.7 Å². The standard InChI is InChI=1S/C22H22F6N6O/c1-32-8-5-13(6-9-32)17-30-31-18(35-17)19-10-20(19,22(26,27)28)12-33(11-19)14-2-3-16(21(23,24)25)34-15(14)4-7-29-34/h2-4,7,13H,5-6,8-12H2,1H3/t19-,20-/m0/s1. The summed E-state index contributed by atoms with van der Waals surface area (Å²) in [5.41, 5.74) is -4.18. The number of fused-ring (bicyclic) bond motifs is 2. The molecule has 1 saturated carbocycles. The van der Waals surface area contributed by atoms with Gasteiger partial charge in [0.2, 0.25) is 11.8 Å². The van der Waals surface area contributed by atoms with E-state index in [9.17, 15) is 26.3 Å². The Morgan fingerprint density at radius 2 is 1.74 bits per heavy atom. The lowest BCUT2D eigenvalue weighted by Crippen LogP contribution is -2.34. The molecule has 2 aliphatic heterocycles. The molecule has 2 atom stereocenters. The van der Waals surface area contributed by atoms with Gasteiger partial charge in [-0.05, 0) is 57.6 Å². The first-order valence-corrected chi connectivity index (χ1v) is 11.3. The van der Waals surface area contributed by atoms with Crippen LogP contribution in [0.2, 0.25) is 0 Å². The number of rotatable bonds is 3. The van der Waals surface area contributed by atoms with Gasteiger partial charge in [-0.25, -0.2) is 4.52 Å². The molecule has 1 aliphatic carbocycles. The Labute approximate surface area is 195 Å². The van der Waals surface area contributed by atoms with Crippen LogP contribution < -0.4 is 4.90 Å². The van der Waals surface area contributed by atoms with Gasteiger partial charge in [0.15, 0.2) is 0 Å². The molecule has 2 saturated heterocycles. The minimum absolute atomic E-state index is 0.00160. The molecule has 35 heavy (non-hydrogen) atoms. The summed E-state index contributed by atoms with van der Waals surface area (Å²) in [6.45, 7) is 1.18. The lowest BCUT2D eigenvalue weighted by molar-refractivity contribution is -0.187. The number of hydrogen-bond acceptors (Lipinski definition) is 6. The van der Waals surface area contributed by atoms with Gasteiger partial charge in [0, 0.05) is 19.0 Å². The predicted octanol–water partition coefficient (Wildman–Crippen LogP) is 4.26. The van der Waals surface area contributed by atoms with Crippen LogP contribution in [0.4, 0.5) is 32.0 Å². The van der Waals surface area contributed by atoms with Crippen molar-refractivity contribution in [3.8, 4) is 0 Å². The Morgan fingerprint density at radius 3 is 2.43 bits per heavy atom. The van der Waals surface area contributed by atoms with E-state index in [4.69, 9.17) is 4.42 Å². The minimum atomic E-state index is -4.65. The van der Waals surface area contributed by atoms with Crippen molar-refractivity contribution in [2.45, 2.75) is 42.9 Å². The summed E-state index contributed by atoms with van der Waals surface area (Å²) in [4.78, 5) is 3.63. The van der Waals surface area contributed by atoms with Crippen molar-refractivity contribution in [1.29, 1.82) is 0 Å². The molecular weight excluding hydrogens is 478 g/mol. The molecule has 0 spiro atoms. The van der Waals surface area contributed by atoms with E-state index < -0.39 is 35.4 Å². The number of aromatic nitrogens is 4. The zero-order valence-corrected chi connectivity index (χ0v) is 18.7. The topological polar surface area (TPSA) is 62.7 Å². The van der Waals surface area contributed by atoms with Crippen molar-refractivity contribution in [2.24, 2.45) is 5.41 Å². The molecule has 188 valence electrons. The third-order valence-electron chi connectivity index (χ3n) is 7.94. The highest BCUT2D eigenvalue weighted by molar-refractivity contribution is 5.75. The molecule has 0 radical (unpaired) electrons. The first kappa shape index (κ1) is 22.6. The van der Waals surface area contributed by atoms with Crippen molar-refractivity contribution >= 4 is 11.2 Å². The lowest BCUT2D eigenvalue weighted by atomic mass is 9.95. The molecule has 5 heterocycles. The molecule has 3 aromatic heterocycles. The zero-order chi connectivity index (χ0) is 24.8. The first-order chi connectivity index (χ1) is 16.5. The normalized spacial score (nSPS) is 28.1. The largest absolute Gasteiger partial charge is 0.433 e. The van der Waals surface area contributed by atoms with Crippen LogP contribution in [-0.4, -0.2) is 64.1 Å². The Balaban J connectivity index is 1.36. The van der Waals surface area contributed by atoms with Crippen LogP contribution >= 0.6 is 0 Å². The maximum Gasteiger partial charge on any atom is 0.433 e. The molecule has 6 rings (SSSR count). The van der Waals surface area contributed by atoms with Gasteiger partial charge in [-0.2, -0.15) is 31.4 Å². The highest BCUT2D eigenvalue weighted by Gasteiger charge is 2.86. The van der Waals surface area contributed by atoms with E-state index in [1.807, 2.05) is 7.05 Å². The van der Waals surface area contributed by atoms with Gasteiger partial charge in [0.25, 0.3) is 0 Å². The maximum atomic E-state index is 14.4. The van der Waals surface area contributed by atoms with Crippen molar-refractivity contribution in [1.82, 2.24) is 24.7 Å². The van der Waals surface area contributed by atoms with E-state index in [2.05, 4.69) is 20.2 Å². The van der Waals surface area contributed by atoms with Crippen LogP contribution in [-0.2, 0) is 11.6 Å². The third kappa shape index (κ3) is 3.19. The zero-order valence-electron chi connectivity index (χ0n) is 18.7. The maximum absolute atomic E-state index is 14.4. The summed E-state index contributed by atoms with van der Waals surface area (Å²) in [5, 5.41) is 11.9. The van der Waals surface area contributed by atoms with Crippen LogP contribution in [0.15, 0.2) is 28.8 Å². The van der Waals surface area contributed by atoms with E-state index >= 15 is 0 Å². The average Bonchev–Trinajstić information content (AvgIpc) is 3.25. The number of anilines is 1. The quantitative estimate of drug-likeness (QED) is 0.501. The molecule has 13 heteroatoms. The number of halogens is 6. The second-order valence-corrected chi connectivity index (χ2v) is 9.95. The number of alkyl halides is 6. The lowest BCUT2D eigenvalue weighted by Gasteiger charge is -2.26. The number of likely N-dealkylation sites (tertiary alicyclic amines) is 1. The summed E-state index contributed by atoms with van der Waals surface area (Å²) >= 11 is 0. The molecule has 7 nitrogen and oxygen atoms in total. The fraction of sp³-hybridized carbons (Fsp3) is 0.591. The van der Waals surface area contributed by atoms with Crippen molar-refractivity contribution in [3.05, 3.63) is 41.9 Å². The number of piperidine rings is 2. The van der Waals surface area contributed by atoms with E-state index in [0.29, 0.717) is 5.89 Å². The average molecular weight is 500 g/mol. The van der Waals surface area contributed by atoms with Gasteiger partial charge >= 0.3 is 12.4 Å². The van der Waals surface area contributed by atoms with Crippen molar-refractivity contribution < 1.29 is 30.8 Å². The Hall–Kier alpha value is -2.83. The minimum Gasteiger partial charge on any atom is -0.424 e. The summed E-state index contributed by atoms with van der Waals surface area (Å²) in [6.07, 6.45) is -6.62. The van der Waals surface area contributed by atoms with Crippen LogP contribution in [0.5, 0.6) is 0 Å². The SMILES string of the molecule is CN1CCC(c2nnc([C@]34CN(c5ccc(C(F)(F)F)n6nccc56)C[C@@]3(C(F)(F)F)C4)o2)CC1. The predicted molar refractivity (Wildman–Crippen MR) is 111 cm³/mol. The summed E-state index contributed by atoms with van der Waals surface area (Å²) < 4.78 is 90.0. The number of nitrogens with zero attached hydrogens (tertiary/aromatic N) is 6. The van der Waals surface area contributed by atoms with Crippen molar-refractivity contribution in [3.63, 3.8) is 0 Å². The van der Waals surface area contributed by atoms with Gasteiger partial charge in [0.05, 0.1) is 22.8 Å². The van der Waals surface area contributed by atoms with Crippen LogP contribution in [0.25, 0.3) is 5.52 Å². The third-order valence-corrected chi connectivity index (χ3v) is 7.94. The highest BCUT2D eigenvalue weighted by Crippen LogP contribution is 2.75. The van der Waals surface area contributed by atoms with Gasteiger partial charge in [-0.15, -0.1) is 10.2 Å². The van der Waals surface area contributed by atoms with Crippen molar-refractivity contribution in [2.75, 3.05) is 38.1 Å². The van der Waals surface area contributed by atoms with E-state index in [-0.39, 0.29) is 36.0 Å². The van der Waals surface area contributed by atoms with Crippen LogP contribution in [0, 0.1) is 5.41 Å². The Kier molecular flexibility index (Phi) is 4.60. The summed E-state index contributed by atoms with van der Waals surface area (Å²) in [7, 11) is 2.00. The first-order valence-electron chi connectivity index (χ1n) is 11.3. The van der Waals surface area contributed by atoms with E-state index in [0.717, 1.165) is 36.5 Å². The molecule has 0 amide bonds. The molecule has 0 bridgehead atoms. The monoisotopic (exact) mass is 500 g/mol. The molecule has 3 aliphatic rings. The molecule has 0 N–H and O–H groups in total. The molecule has 3 aromatic rings. The summed E-state index contributed by atoms with van der Waals surface area (Å²) in [6, 6.07) is 3.42. The Bertz CT molecular complexity index is 1280. The fourth-order valence-corrected chi connectivity index (χ4v) is 5.91. The van der Waals surface area contributed by atoms with E-state index in [1.165, 1.54) is 23.2 Å². The second kappa shape index (κ2) is 7.11. The smallest absolute Gasteiger partial charge is 0.424 e. The van der Waals surface area contributed by atoms with E-state index in [1.54, 1.807) is 0 Å². The number of hydrogen-bond donors (Lipinski definition) is 0. The van der Waals surface area contributed by atoms with Gasteiger partial charge in [-0.3, -0.25) is 0 Å². The molecule has 0 unspecified atom stereocenters.